The number of hydrogen-bond donors (Lipinski definition) is 3. The summed E-state index contributed by atoms with van der Waals surface area (Å²) >= 11 is 0. The lowest BCUT2D eigenvalue weighted by atomic mass is 10.2. The highest BCUT2D eigenvalue weighted by Gasteiger charge is 2.15. The van der Waals surface area contributed by atoms with Gasteiger partial charge in [0.25, 0.3) is 0 Å². The summed E-state index contributed by atoms with van der Waals surface area (Å²) in [5.41, 5.74) is 1.02. The molecule has 0 amide bonds. The molecule has 8 heteroatoms. The first kappa shape index (κ1) is 22.8. The van der Waals surface area contributed by atoms with Crippen molar-refractivity contribution >= 4 is 29.9 Å². The summed E-state index contributed by atoms with van der Waals surface area (Å²) in [4.78, 5) is 4.61. The predicted octanol–water partition coefficient (Wildman–Crippen LogP) is 1.92. The van der Waals surface area contributed by atoms with E-state index in [0.717, 1.165) is 44.1 Å². The van der Waals surface area contributed by atoms with Crippen LogP contribution < -0.4 is 20.1 Å². The Balaban J connectivity index is 0.00000338. The highest BCUT2D eigenvalue weighted by Crippen LogP contribution is 2.28. The molecule has 0 spiro atoms. The van der Waals surface area contributed by atoms with E-state index in [1.807, 2.05) is 25.1 Å². The fourth-order valence-electron chi connectivity index (χ4n) is 2.61. The van der Waals surface area contributed by atoms with E-state index in [4.69, 9.17) is 19.3 Å². The van der Waals surface area contributed by atoms with E-state index in [0.29, 0.717) is 18.0 Å². The highest BCUT2D eigenvalue weighted by molar-refractivity contribution is 14.0. The minimum absolute atomic E-state index is 0. The fourth-order valence-corrected chi connectivity index (χ4v) is 2.61. The molecule has 148 valence electrons. The second-order valence-electron chi connectivity index (χ2n) is 5.77. The maximum absolute atomic E-state index is 8.86. The van der Waals surface area contributed by atoms with Gasteiger partial charge in [-0.05, 0) is 37.5 Å². The number of methoxy groups -OCH3 is 1. The van der Waals surface area contributed by atoms with Crippen molar-refractivity contribution in [1.82, 2.24) is 10.6 Å². The molecular formula is C18H30IN3O4. The van der Waals surface area contributed by atoms with Crippen molar-refractivity contribution in [3.05, 3.63) is 23.8 Å². The van der Waals surface area contributed by atoms with Gasteiger partial charge in [-0.3, -0.25) is 0 Å². The average Bonchev–Trinajstić information content (AvgIpc) is 3.16. The molecule has 1 atom stereocenters. The van der Waals surface area contributed by atoms with Crippen LogP contribution in [0.4, 0.5) is 0 Å². The first-order valence-electron chi connectivity index (χ1n) is 8.81. The van der Waals surface area contributed by atoms with E-state index in [2.05, 4.69) is 15.6 Å². The third-order valence-electron chi connectivity index (χ3n) is 3.86. The number of ether oxygens (including phenoxy) is 3. The zero-order valence-corrected chi connectivity index (χ0v) is 17.8. The highest BCUT2D eigenvalue weighted by atomic mass is 127. The molecule has 0 saturated carbocycles. The van der Waals surface area contributed by atoms with Crippen molar-refractivity contribution in [2.45, 2.75) is 32.4 Å². The van der Waals surface area contributed by atoms with Crippen molar-refractivity contribution in [2.75, 3.05) is 40.0 Å². The molecule has 1 aromatic carbocycles. The number of hydrogen-bond acceptors (Lipinski definition) is 5. The van der Waals surface area contributed by atoms with Crippen molar-refractivity contribution in [2.24, 2.45) is 4.99 Å². The zero-order valence-electron chi connectivity index (χ0n) is 15.5. The van der Waals surface area contributed by atoms with Gasteiger partial charge in [0.1, 0.15) is 6.61 Å². The number of aliphatic hydroxyl groups is 1. The third-order valence-corrected chi connectivity index (χ3v) is 3.86. The van der Waals surface area contributed by atoms with E-state index in [9.17, 15) is 0 Å². The number of benzene rings is 1. The monoisotopic (exact) mass is 479 g/mol. The molecule has 0 radical (unpaired) electrons. The Morgan fingerprint density at radius 1 is 1.35 bits per heavy atom. The SMILES string of the molecule is CCNC(=NCc1ccc(OCCO)c(OC)c1)NCC1CCCO1.I. The van der Waals surface area contributed by atoms with Crippen molar-refractivity contribution in [1.29, 1.82) is 0 Å². The summed E-state index contributed by atoms with van der Waals surface area (Å²) in [5.74, 6) is 2.03. The van der Waals surface area contributed by atoms with Crippen molar-refractivity contribution in [3.8, 4) is 11.5 Å². The summed E-state index contributed by atoms with van der Waals surface area (Å²) in [6.07, 6.45) is 2.50. The third kappa shape index (κ3) is 7.55. The van der Waals surface area contributed by atoms with E-state index in [-0.39, 0.29) is 43.3 Å². The van der Waals surface area contributed by atoms with Gasteiger partial charge in [0.2, 0.25) is 0 Å². The molecule has 0 aliphatic carbocycles. The molecule has 0 aromatic heterocycles. The molecule has 1 aliphatic heterocycles. The van der Waals surface area contributed by atoms with Gasteiger partial charge in [0.15, 0.2) is 17.5 Å². The molecule has 2 rings (SSSR count). The number of nitrogens with one attached hydrogen (secondary N) is 2. The van der Waals surface area contributed by atoms with Gasteiger partial charge in [-0.1, -0.05) is 6.07 Å². The normalized spacial score (nSPS) is 16.7. The second kappa shape index (κ2) is 13.0. The Morgan fingerprint density at radius 3 is 2.85 bits per heavy atom. The standard InChI is InChI=1S/C18H29N3O4.HI/c1-3-19-18(21-13-15-5-4-9-24-15)20-12-14-6-7-16(25-10-8-22)17(11-14)23-2;/h6-7,11,15,22H,3-5,8-10,12-13H2,1-2H3,(H2,19,20,21);1H. The van der Waals surface area contributed by atoms with Crippen LogP contribution in [0.3, 0.4) is 0 Å². The van der Waals surface area contributed by atoms with Gasteiger partial charge in [0, 0.05) is 19.7 Å². The van der Waals surface area contributed by atoms with E-state index >= 15 is 0 Å². The van der Waals surface area contributed by atoms with Gasteiger partial charge in [0.05, 0.1) is 26.4 Å². The smallest absolute Gasteiger partial charge is 0.191 e. The Bertz CT molecular complexity index is 551. The number of rotatable bonds is 9. The Kier molecular flexibility index (Phi) is 11.4. The number of nitrogens with zero attached hydrogens (tertiary/aromatic N) is 1. The van der Waals surface area contributed by atoms with Crippen LogP contribution in [0.1, 0.15) is 25.3 Å². The Hall–Kier alpha value is -1.26. The molecule has 1 aliphatic rings. The van der Waals surface area contributed by atoms with Gasteiger partial charge in [-0.15, -0.1) is 24.0 Å². The molecule has 1 aromatic rings. The lowest BCUT2D eigenvalue weighted by Gasteiger charge is -2.15. The molecule has 1 fully saturated rings. The lowest BCUT2D eigenvalue weighted by Crippen LogP contribution is -2.41. The summed E-state index contributed by atoms with van der Waals surface area (Å²) in [5, 5.41) is 15.4. The van der Waals surface area contributed by atoms with Gasteiger partial charge >= 0.3 is 0 Å². The van der Waals surface area contributed by atoms with E-state index in [1.54, 1.807) is 7.11 Å². The Morgan fingerprint density at radius 2 is 2.19 bits per heavy atom. The van der Waals surface area contributed by atoms with Crippen LogP contribution >= 0.6 is 24.0 Å². The summed E-state index contributed by atoms with van der Waals surface area (Å²) in [7, 11) is 1.60. The molecule has 1 unspecified atom stereocenters. The number of aliphatic imine (C=N–C) groups is 1. The molecule has 1 saturated heterocycles. The minimum atomic E-state index is -0.0301. The first-order valence-corrected chi connectivity index (χ1v) is 8.81. The molecular weight excluding hydrogens is 449 g/mol. The summed E-state index contributed by atoms with van der Waals surface area (Å²) in [6, 6.07) is 5.69. The minimum Gasteiger partial charge on any atom is -0.493 e. The quantitative estimate of drug-likeness (QED) is 0.285. The molecule has 7 nitrogen and oxygen atoms in total. The summed E-state index contributed by atoms with van der Waals surface area (Å²) < 4.78 is 16.4. The molecule has 1 heterocycles. The van der Waals surface area contributed by atoms with Crippen LogP contribution in [0.2, 0.25) is 0 Å². The zero-order chi connectivity index (χ0) is 17.9. The number of aliphatic hydroxyl groups excluding tert-OH is 1. The van der Waals surface area contributed by atoms with E-state index in [1.165, 1.54) is 0 Å². The fraction of sp³-hybridized carbons (Fsp3) is 0.611. The number of halogens is 1. The molecule has 0 bridgehead atoms. The predicted molar refractivity (Wildman–Crippen MR) is 113 cm³/mol. The largest absolute Gasteiger partial charge is 0.493 e. The number of guanidine groups is 1. The van der Waals surface area contributed by atoms with Crippen LogP contribution in [0.25, 0.3) is 0 Å². The van der Waals surface area contributed by atoms with Crippen LogP contribution in [0.15, 0.2) is 23.2 Å². The van der Waals surface area contributed by atoms with Crippen LogP contribution in [0, 0.1) is 0 Å². The van der Waals surface area contributed by atoms with Crippen LogP contribution in [0.5, 0.6) is 11.5 Å². The van der Waals surface area contributed by atoms with Gasteiger partial charge < -0.3 is 30.0 Å². The molecule has 26 heavy (non-hydrogen) atoms. The van der Waals surface area contributed by atoms with Crippen molar-refractivity contribution < 1.29 is 19.3 Å². The van der Waals surface area contributed by atoms with Crippen LogP contribution in [-0.2, 0) is 11.3 Å². The van der Waals surface area contributed by atoms with Gasteiger partial charge in [-0.25, -0.2) is 4.99 Å². The maximum atomic E-state index is 8.86. The van der Waals surface area contributed by atoms with Crippen LogP contribution in [-0.4, -0.2) is 57.2 Å². The second-order valence-corrected chi connectivity index (χ2v) is 5.77. The van der Waals surface area contributed by atoms with Crippen molar-refractivity contribution in [3.63, 3.8) is 0 Å². The summed E-state index contributed by atoms with van der Waals surface area (Å²) in [6.45, 7) is 5.20. The van der Waals surface area contributed by atoms with Gasteiger partial charge in [-0.2, -0.15) is 0 Å². The topological polar surface area (TPSA) is 84.3 Å². The first-order chi connectivity index (χ1) is 12.3. The lowest BCUT2D eigenvalue weighted by molar-refractivity contribution is 0.114. The maximum Gasteiger partial charge on any atom is 0.191 e. The van der Waals surface area contributed by atoms with E-state index < -0.39 is 0 Å². The molecule has 3 N–H and O–H groups in total. The Labute approximate surface area is 172 Å². The average molecular weight is 479 g/mol.